The molecule has 0 unspecified atom stereocenters. The summed E-state index contributed by atoms with van der Waals surface area (Å²) in [7, 11) is 1.66. The zero-order chi connectivity index (χ0) is 10.3. The molecule has 0 aliphatic heterocycles. The van der Waals surface area contributed by atoms with Gasteiger partial charge in [0, 0.05) is 7.05 Å². The number of carbonyl (C=O) groups excluding carboxylic acids is 1. The first-order valence-corrected chi connectivity index (χ1v) is 4.21. The van der Waals surface area contributed by atoms with E-state index in [1.54, 1.807) is 20.9 Å². The average molecular weight is 203 g/mol. The van der Waals surface area contributed by atoms with Gasteiger partial charge in [0.15, 0.2) is 5.11 Å². The van der Waals surface area contributed by atoms with Gasteiger partial charge in [0.25, 0.3) is 0 Å². The van der Waals surface area contributed by atoms with Crippen LogP contribution in [0.15, 0.2) is 5.10 Å². The van der Waals surface area contributed by atoms with Crippen LogP contribution in [-0.4, -0.2) is 30.4 Å². The average Bonchev–Trinajstić information content (AvgIpc) is 2.13. The third-order valence-electron chi connectivity index (χ3n) is 1.12. The van der Waals surface area contributed by atoms with Gasteiger partial charge in [0.05, 0.1) is 6.61 Å². The first-order chi connectivity index (χ1) is 6.11. The Balaban J connectivity index is 4.01. The molecule has 6 heteroatoms. The van der Waals surface area contributed by atoms with Crippen molar-refractivity contribution in [1.29, 1.82) is 0 Å². The standard InChI is InChI=1S/C7H13N3O2S/c1-4-12-6(11)5(2)9-10-7(13)8-3/h4H2,1-3H3,(H2,8,10,13). The van der Waals surface area contributed by atoms with Gasteiger partial charge in [-0.15, -0.1) is 0 Å². The molecule has 2 N–H and O–H groups in total. The van der Waals surface area contributed by atoms with E-state index in [9.17, 15) is 4.79 Å². The van der Waals surface area contributed by atoms with Crippen LogP contribution in [0.5, 0.6) is 0 Å². The first kappa shape index (κ1) is 11.8. The van der Waals surface area contributed by atoms with Crippen LogP contribution >= 0.6 is 12.2 Å². The molecule has 0 spiro atoms. The van der Waals surface area contributed by atoms with Crippen LogP contribution in [0.1, 0.15) is 13.8 Å². The van der Waals surface area contributed by atoms with E-state index in [1.807, 2.05) is 0 Å². The van der Waals surface area contributed by atoms with E-state index in [2.05, 4.69) is 15.8 Å². The molecular formula is C7H13N3O2S. The summed E-state index contributed by atoms with van der Waals surface area (Å²) in [6, 6.07) is 0. The minimum Gasteiger partial charge on any atom is -0.461 e. The van der Waals surface area contributed by atoms with Gasteiger partial charge in [-0.1, -0.05) is 0 Å². The van der Waals surface area contributed by atoms with Gasteiger partial charge in [0.1, 0.15) is 5.71 Å². The van der Waals surface area contributed by atoms with Crippen molar-refractivity contribution >= 4 is 29.0 Å². The maximum absolute atomic E-state index is 11.0. The molecule has 0 saturated carbocycles. The first-order valence-electron chi connectivity index (χ1n) is 3.81. The van der Waals surface area contributed by atoms with Gasteiger partial charge in [-0.25, -0.2) is 4.79 Å². The van der Waals surface area contributed by atoms with Crippen LogP contribution in [0, 0.1) is 0 Å². The van der Waals surface area contributed by atoms with Crippen LogP contribution in [0.2, 0.25) is 0 Å². The number of ether oxygens (including phenoxy) is 1. The largest absolute Gasteiger partial charge is 0.461 e. The normalized spacial score (nSPS) is 10.5. The molecule has 0 rings (SSSR count). The van der Waals surface area contributed by atoms with Crippen LogP contribution in [0.4, 0.5) is 0 Å². The van der Waals surface area contributed by atoms with Gasteiger partial charge in [-0.2, -0.15) is 5.10 Å². The van der Waals surface area contributed by atoms with Crippen molar-refractivity contribution in [3.8, 4) is 0 Å². The Hall–Kier alpha value is -1.17. The van der Waals surface area contributed by atoms with Crippen LogP contribution < -0.4 is 10.7 Å². The summed E-state index contributed by atoms with van der Waals surface area (Å²) in [5.41, 5.74) is 2.71. The molecule has 0 atom stereocenters. The summed E-state index contributed by atoms with van der Waals surface area (Å²) >= 11 is 4.74. The number of rotatable bonds is 3. The summed E-state index contributed by atoms with van der Waals surface area (Å²) in [6.07, 6.45) is 0. The van der Waals surface area contributed by atoms with E-state index < -0.39 is 5.97 Å². The molecule has 5 nitrogen and oxygen atoms in total. The third-order valence-corrected chi connectivity index (χ3v) is 1.42. The highest BCUT2D eigenvalue weighted by Gasteiger charge is 2.05. The molecule has 0 radical (unpaired) electrons. The van der Waals surface area contributed by atoms with Crippen molar-refractivity contribution in [3.05, 3.63) is 0 Å². The Labute approximate surface area is 82.5 Å². The molecule has 74 valence electrons. The molecular weight excluding hydrogens is 190 g/mol. The Bertz CT molecular complexity index is 228. The second kappa shape index (κ2) is 6.36. The molecule has 0 aliphatic rings. The molecule has 0 aromatic heterocycles. The molecule has 0 aromatic rings. The summed E-state index contributed by atoms with van der Waals surface area (Å²) in [5, 5.41) is 6.70. The topological polar surface area (TPSA) is 62.7 Å². The predicted octanol–water partition coefficient (Wildman–Crippen LogP) is 0.0193. The van der Waals surface area contributed by atoms with Crippen molar-refractivity contribution in [3.63, 3.8) is 0 Å². The number of carbonyl (C=O) groups is 1. The monoisotopic (exact) mass is 203 g/mol. The van der Waals surface area contributed by atoms with Gasteiger partial charge in [-0.3, -0.25) is 5.43 Å². The minimum absolute atomic E-state index is 0.236. The van der Waals surface area contributed by atoms with E-state index >= 15 is 0 Å². The van der Waals surface area contributed by atoms with Crippen molar-refractivity contribution in [2.75, 3.05) is 13.7 Å². The number of nitrogens with zero attached hydrogens (tertiary/aromatic N) is 1. The quantitative estimate of drug-likeness (QED) is 0.293. The minimum atomic E-state index is -0.450. The summed E-state index contributed by atoms with van der Waals surface area (Å²) in [6.45, 7) is 3.61. The molecule has 0 aromatic carbocycles. The fraction of sp³-hybridized carbons (Fsp3) is 0.571. The molecule has 0 aliphatic carbocycles. The van der Waals surface area contributed by atoms with E-state index in [-0.39, 0.29) is 5.71 Å². The zero-order valence-corrected chi connectivity index (χ0v) is 8.70. The number of thiocarbonyl (C=S) groups is 1. The Morgan fingerprint density at radius 1 is 1.62 bits per heavy atom. The van der Waals surface area contributed by atoms with Crippen LogP contribution in [0.3, 0.4) is 0 Å². The number of nitrogens with one attached hydrogen (secondary N) is 2. The second-order valence-corrected chi connectivity index (χ2v) is 2.52. The highest BCUT2D eigenvalue weighted by molar-refractivity contribution is 7.80. The SMILES string of the molecule is CCOC(=O)C(C)=NNC(=S)NC. The highest BCUT2D eigenvalue weighted by Crippen LogP contribution is 1.82. The fourth-order valence-electron chi connectivity index (χ4n) is 0.472. The lowest BCUT2D eigenvalue weighted by Gasteiger charge is -2.02. The van der Waals surface area contributed by atoms with Gasteiger partial charge in [0.2, 0.25) is 0 Å². The van der Waals surface area contributed by atoms with Crippen LogP contribution in [0.25, 0.3) is 0 Å². The smallest absolute Gasteiger partial charge is 0.354 e. The van der Waals surface area contributed by atoms with Crippen molar-refractivity contribution in [2.24, 2.45) is 5.10 Å². The summed E-state index contributed by atoms with van der Waals surface area (Å²) in [4.78, 5) is 11.0. The lowest BCUT2D eigenvalue weighted by Crippen LogP contribution is -2.30. The Morgan fingerprint density at radius 2 is 2.23 bits per heavy atom. The molecule has 0 bridgehead atoms. The third kappa shape index (κ3) is 5.13. The van der Waals surface area contributed by atoms with Crippen LogP contribution in [-0.2, 0) is 9.53 Å². The van der Waals surface area contributed by atoms with E-state index in [4.69, 9.17) is 17.0 Å². The van der Waals surface area contributed by atoms with Gasteiger partial charge in [-0.05, 0) is 26.1 Å². The zero-order valence-electron chi connectivity index (χ0n) is 7.88. The highest BCUT2D eigenvalue weighted by atomic mass is 32.1. The van der Waals surface area contributed by atoms with Crippen molar-refractivity contribution in [1.82, 2.24) is 10.7 Å². The molecule has 0 saturated heterocycles. The van der Waals surface area contributed by atoms with Crippen molar-refractivity contribution in [2.45, 2.75) is 13.8 Å². The second-order valence-electron chi connectivity index (χ2n) is 2.11. The van der Waals surface area contributed by atoms with E-state index in [0.717, 1.165) is 0 Å². The van der Waals surface area contributed by atoms with Crippen molar-refractivity contribution < 1.29 is 9.53 Å². The summed E-state index contributed by atoms with van der Waals surface area (Å²) < 4.78 is 4.70. The number of hydrogen-bond donors (Lipinski definition) is 2. The molecule has 0 amide bonds. The lowest BCUT2D eigenvalue weighted by atomic mass is 10.4. The summed E-state index contributed by atoms with van der Waals surface area (Å²) in [5.74, 6) is -0.450. The number of esters is 1. The van der Waals surface area contributed by atoms with E-state index in [1.165, 1.54) is 0 Å². The Morgan fingerprint density at radius 3 is 2.69 bits per heavy atom. The maximum Gasteiger partial charge on any atom is 0.354 e. The molecule has 0 fully saturated rings. The number of hydrazone groups is 1. The van der Waals surface area contributed by atoms with Gasteiger partial charge < -0.3 is 10.1 Å². The maximum atomic E-state index is 11.0. The number of hydrogen-bond acceptors (Lipinski definition) is 4. The predicted molar refractivity (Wildman–Crippen MR) is 54.5 cm³/mol. The van der Waals surface area contributed by atoms with Gasteiger partial charge >= 0.3 is 5.97 Å². The fourth-order valence-corrected chi connectivity index (χ4v) is 0.517. The molecule has 0 heterocycles. The lowest BCUT2D eigenvalue weighted by molar-refractivity contribution is -0.135. The Kier molecular flexibility index (Phi) is 5.79. The molecule has 13 heavy (non-hydrogen) atoms. The van der Waals surface area contributed by atoms with E-state index in [0.29, 0.717) is 11.7 Å².